The van der Waals surface area contributed by atoms with E-state index in [0.29, 0.717) is 11.6 Å². The largest absolute Gasteiger partial charge is 0.478 e. The van der Waals surface area contributed by atoms with Crippen LogP contribution in [0.2, 0.25) is 0 Å². The Morgan fingerprint density at radius 1 is 1.05 bits per heavy atom. The van der Waals surface area contributed by atoms with Gasteiger partial charge in [-0.2, -0.15) is 0 Å². The van der Waals surface area contributed by atoms with Crippen molar-refractivity contribution in [3.63, 3.8) is 0 Å². The lowest BCUT2D eigenvalue weighted by atomic mass is 10.1. The summed E-state index contributed by atoms with van der Waals surface area (Å²) in [4.78, 5) is 22.3. The number of carboxylic acids is 1. The highest BCUT2D eigenvalue weighted by Gasteiger charge is 2.08. The van der Waals surface area contributed by atoms with Crippen molar-refractivity contribution in [3.8, 4) is 0 Å². The number of benzene rings is 2. The van der Waals surface area contributed by atoms with Gasteiger partial charge in [0.15, 0.2) is 0 Å². The van der Waals surface area contributed by atoms with Crippen LogP contribution < -0.4 is 10.6 Å². The standard InChI is InChI=1S/C15H12F2N2O3/c16-11-5-6-13(12(17)7-11)19-15(22)18-8-9-1-3-10(4-2-9)14(20)21/h1-7H,8H2,(H,20,21)(H2,18,19,22). The topological polar surface area (TPSA) is 78.4 Å². The van der Waals surface area contributed by atoms with Gasteiger partial charge in [-0.25, -0.2) is 18.4 Å². The Morgan fingerprint density at radius 3 is 2.32 bits per heavy atom. The molecule has 0 spiro atoms. The van der Waals surface area contributed by atoms with Gasteiger partial charge in [0.1, 0.15) is 11.6 Å². The number of carbonyl (C=O) groups is 2. The van der Waals surface area contributed by atoms with Crippen molar-refractivity contribution in [3.05, 3.63) is 65.2 Å². The Balaban J connectivity index is 1.91. The summed E-state index contributed by atoms with van der Waals surface area (Å²) in [7, 11) is 0. The van der Waals surface area contributed by atoms with Crippen LogP contribution >= 0.6 is 0 Å². The molecule has 0 aliphatic carbocycles. The number of anilines is 1. The number of nitrogens with one attached hydrogen (secondary N) is 2. The number of urea groups is 1. The Bertz CT molecular complexity index is 702. The number of rotatable bonds is 4. The second-order valence-electron chi connectivity index (χ2n) is 4.43. The van der Waals surface area contributed by atoms with Gasteiger partial charge in [-0.05, 0) is 29.8 Å². The van der Waals surface area contributed by atoms with Gasteiger partial charge in [0.2, 0.25) is 0 Å². The molecule has 0 unspecified atom stereocenters. The molecular formula is C15H12F2N2O3. The van der Waals surface area contributed by atoms with E-state index in [1.54, 1.807) is 12.1 Å². The second kappa shape index (κ2) is 6.66. The fourth-order valence-corrected chi connectivity index (χ4v) is 1.70. The molecule has 0 aliphatic rings. The van der Waals surface area contributed by atoms with Crippen molar-refractivity contribution < 1.29 is 23.5 Å². The molecule has 0 fully saturated rings. The van der Waals surface area contributed by atoms with Crippen LogP contribution in [0, 0.1) is 11.6 Å². The Hall–Kier alpha value is -2.96. The number of hydrogen-bond acceptors (Lipinski definition) is 2. The summed E-state index contributed by atoms with van der Waals surface area (Å²) < 4.78 is 26.1. The van der Waals surface area contributed by atoms with E-state index in [4.69, 9.17) is 5.11 Å². The molecule has 7 heteroatoms. The van der Waals surface area contributed by atoms with Gasteiger partial charge in [-0.15, -0.1) is 0 Å². The Morgan fingerprint density at radius 2 is 1.73 bits per heavy atom. The molecule has 2 amide bonds. The first-order chi connectivity index (χ1) is 10.5. The van der Waals surface area contributed by atoms with Crippen LogP contribution in [0.15, 0.2) is 42.5 Å². The molecule has 0 heterocycles. The van der Waals surface area contributed by atoms with Crippen molar-refractivity contribution >= 4 is 17.7 Å². The van der Waals surface area contributed by atoms with E-state index in [-0.39, 0.29) is 17.8 Å². The molecule has 0 aromatic heterocycles. The van der Waals surface area contributed by atoms with Gasteiger partial charge in [-0.3, -0.25) is 0 Å². The zero-order valence-corrected chi connectivity index (χ0v) is 11.3. The summed E-state index contributed by atoms with van der Waals surface area (Å²) in [6.07, 6.45) is 0. The first-order valence-electron chi connectivity index (χ1n) is 6.28. The smallest absolute Gasteiger partial charge is 0.335 e. The maximum absolute atomic E-state index is 13.4. The zero-order chi connectivity index (χ0) is 16.1. The van der Waals surface area contributed by atoms with E-state index < -0.39 is 23.6 Å². The fraction of sp³-hybridized carbons (Fsp3) is 0.0667. The molecule has 2 aromatic carbocycles. The average molecular weight is 306 g/mol. The molecule has 3 N–H and O–H groups in total. The Kier molecular flexibility index (Phi) is 4.67. The van der Waals surface area contributed by atoms with Crippen LogP contribution in [0.1, 0.15) is 15.9 Å². The minimum Gasteiger partial charge on any atom is -0.478 e. The maximum atomic E-state index is 13.4. The molecule has 0 saturated carbocycles. The van der Waals surface area contributed by atoms with Gasteiger partial charge < -0.3 is 15.7 Å². The van der Waals surface area contributed by atoms with Crippen LogP contribution in [0.4, 0.5) is 19.3 Å². The highest BCUT2D eigenvalue weighted by molar-refractivity contribution is 5.89. The predicted molar refractivity (Wildman–Crippen MR) is 75.6 cm³/mol. The van der Waals surface area contributed by atoms with Crippen molar-refractivity contribution in [1.82, 2.24) is 5.32 Å². The molecule has 0 saturated heterocycles. The molecule has 0 radical (unpaired) electrons. The first-order valence-corrected chi connectivity index (χ1v) is 6.28. The maximum Gasteiger partial charge on any atom is 0.335 e. The van der Waals surface area contributed by atoms with E-state index in [0.717, 1.165) is 12.1 Å². The third-order valence-electron chi connectivity index (χ3n) is 2.83. The molecule has 0 bridgehead atoms. The summed E-state index contributed by atoms with van der Waals surface area (Å²) in [6, 6.07) is 8.10. The predicted octanol–water partition coefficient (Wildman–Crippen LogP) is 2.98. The summed E-state index contributed by atoms with van der Waals surface area (Å²) in [5.41, 5.74) is 0.682. The Labute approximate surface area is 124 Å². The molecule has 22 heavy (non-hydrogen) atoms. The number of aromatic carboxylic acids is 1. The zero-order valence-electron chi connectivity index (χ0n) is 11.3. The van der Waals surface area contributed by atoms with Crippen LogP contribution in [0.5, 0.6) is 0 Å². The summed E-state index contributed by atoms with van der Waals surface area (Å²) in [6.45, 7) is 0.133. The minimum absolute atomic E-state index is 0.133. The molecule has 0 aliphatic heterocycles. The fourth-order valence-electron chi connectivity index (χ4n) is 1.70. The summed E-state index contributed by atoms with van der Waals surface area (Å²) >= 11 is 0. The number of amides is 2. The summed E-state index contributed by atoms with van der Waals surface area (Å²) in [5.74, 6) is -2.65. The number of hydrogen-bond donors (Lipinski definition) is 3. The highest BCUT2D eigenvalue weighted by Crippen LogP contribution is 2.14. The number of carboxylic acid groups (broad SMARTS) is 1. The number of carbonyl (C=O) groups excluding carboxylic acids is 1. The molecule has 5 nitrogen and oxygen atoms in total. The van der Waals surface area contributed by atoms with E-state index >= 15 is 0 Å². The molecule has 2 aromatic rings. The van der Waals surface area contributed by atoms with Crippen molar-refractivity contribution in [2.75, 3.05) is 5.32 Å². The van der Waals surface area contributed by atoms with E-state index in [2.05, 4.69) is 10.6 Å². The second-order valence-corrected chi connectivity index (χ2v) is 4.43. The third-order valence-corrected chi connectivity index (χ3v) is 2.83. The first kappa shape index (κ1) is 15.4. The van der Waals surface area contributed by atoms with Crippen LogP contribution in [0.25, 0.3) is 0 Å². The van der Waals surface area contributed by atoms with Gasteiger partial charge in [0, 0.05) is 12.6 Å². The van der Waals surface area contributed by atoms with Gasteiger partial charge in [0.25, 0.3) is 0 Å². The molecule has 0 atom stereocenters. The van der Waals surface area contributed by atoms with E-state index in [1.165, 1.54) is 12.1 Å². The van der Waals surface area contributed by atoms with Gasteiger partial charge >= 0.3 is 12.0 Å². The molecule has 2 rings (SSSR count). The lowest BCUT2D eigenvalue weighted by molar-refractivity contribution is 0.0697. The highest BCUT2D eigenvalue weighted by atomic mass is 19.1. The van der Waals surface area contributed by atoms with Gasteiger partial charge in [0.05, 0.1) is 11.3 Å². The minimum atomic E-state index is -1.04. The van der Waals surface area contributed by atoms with Crippen molar-refractivity contribution in [1.29, 1.82) is 0 Å². The monoisotopic (exact) mass is 306 g/mol. The van der Waals surface area contributed by atoms with Gasteiger partial charge in [-0.1, -0.05) is 12.1 Å². The summed E-state index contributed by atoms with van der Waals surface area (Å²) in [5, 5.41) is 13.5. The molecule has 114 valence electrons. The van der Waals surface area contributed by atoms with Crippen molar-refractivity contribution in [2.24, 2.45) is 0 Å². The number of halogens is 2. The van der Waals surface area contributed by atoms with E-state index in [1.807, 2.05) is 0 Å². The van der Waals surface area contributed by atoms with Crippen LogP contribution in [-0.4, -0.2) is 17.1 Å². The molecular weight excluding hydrogens is 294 g/mol. The van der Waals surface area contributed by atoms with Crippen LogP contribution in [0.3, 0.4) is 0 Å². The third kappa shape index (κ3) is 4.02. The van der Waals surface area contributed by atoms with Crippen LogP contribution in [-0.2, 0) is 6.54 Å². The lowest BCUT2D eigenvalue weighted by Gasteiger charge is -2.08. The average Bonchev–Trinajstić information content (AvgIpc) is 2.48. The van der Waals surface area contributed by atoms with E-state index in [9.17, 15) is 18.4 Å². The SMILES string of the molecule is O=C(NCc1ccc(C(=O)O)cc1)Nc1ccc(F)cc1F. The van der Waals surface area contributed by atoms with Crippen molar-refractivity contribution in [2.45, 2.75) is 6.54 Å². The lowest BCUT2D eigenvalue weighted by Crippen LogP contribution is -2.28. The quantitative estimate of drug-likeness (QED) is 0.812. The normalized spacial score (nSPS) is 10.1.